The van der Waals surface area contributed by atoms with Crippen molar-refractivity contribution in [1.29, 1.82) is 0 Å². The summed E-state index contributed by atoms with van der Waals surface area (Å²) in [5.41, 5.74) is 1.89. The minimum Gasteiger partial charge on any atom is -0.464 e. The lowest BCUT2D eigenvalue weighted by Gasteiger charge is -2.27. The quantitative estimate of drug-likeness (QED) is 0.526. The van der Waals surface area contributed by atoms with Crippen LogP contribution in [0.5, 0.6) is 0 Å². The van der Waals surface area contributed by atoms with Crippen molar-refractivity contribution < 1.29 is 14.0 Å². The molecule has 0 unspecified atom stereocenters. The number of furan rings is 1. The molecule has 0 bridgehead atoms. The van der Waals surface area contributed by atoms with Gasteiger partial charge in [0.2, 0.25) is 5.91 Å². The second-order valence-electron chi connectivity index (χ2n) is 8.22. The van der Waals surface area contributed by atoms with Crippen molar-refractivity contribution in [3.05, 3.63) is 89.9 Å². The largest absolute Gasteiger partial charge is 0.464 e. The van der Waals surface area contributed by atoms with Crippen LogP contribution in [-0.4, -0.2) is 40.9 Å². The minimum atomic E-state index is -0.232. The Bertz CT molecular complexity index is 1030. The normalized spacial score (nSPS) is 12.9. The van der Waals surface area contributed by atoms with Crippen molar-refractivity contribution in [3.63, 3.8) is 0 Å². The standard InChI is InChI=1S/C26H29N3O3/c1-20-12-15-24(32-20)18-28(17-16-21-8-4-2-5-9-21)25(30)19-29(23-13-14-23)26(31)27-22-10-6-3-7-11-22/h2-12,15,23H,13-14,16-19H2,1H3,(H,27,31). The molecule has 32 heavy (non-hydrogen) atoms. The van der Waals surface area contributed by atoms with Gasteiger partial charge >= 0.3 is 6.03 Å². The first-order valence-electron chi connectivity index (χ1n) is 11.1. The monoisotopic (exact) mass is 431 g/mol. The van der Waals surface area contributed by atoms with Gasteiger partial charge in [0.15, 0.2) is 0 Å². The number of nitrogens with zero attached hydrogens (tertiary/aromatic N) is 2. The van der Waals surface area contributed by atoms with E-state index < -0.39 is 0 Å². The molecule has 166 valence electrons. The SMILES string of the molecule is Cc1ccc(CN(CCc2ccccc2)C(=O)CN(C(=O)Nc2ccccc2)C2CC2)o1. The molecule has 6 nitrogen and oxygen atoms in total. The van der Waals surface area contributed by atoms with Crippen molar-refractivity contribution >= 4 is 17.6 Å². The summed E-state index contributed by atoms with van der Waals surface area (Å²) in [6.07, 6.45) is 2.60. The summed E-state index contributed by atoms with van der Waals surface area (Å²) in [4.78, 5) is 29.7. The predicted molar refractivity (Wildman–Crippen MR) is 124 cm³/mol. The highest BCUT2D eigenvalue weighted by Crippen LogP contribution is 2.27. The van der Waals surface area contributed by atoms with Gasteiger partial charge in [-0.3, -0.25) is 4.79 Å². The number of urea groups is 1. The zero-order valence-electron chi connectivity index (χ0n) is 18.4. The highest BCUT2D eigenvalue weighted by atomic mass is 16.3. The Hall–Kier alpha value is -3.54. The van der Waals surface area contributed by atoms with Gasteiger partial charge in [0, 0.05) is 18.3 Å². The Morgan fingerprint density at radius 1 is 0.969 bits per heavy atom. The fraction of sp³-hybridized carbons (Fsp3) is 0.308. The van der Waals surface area contributed by atoms with E-state index in [9.17, 15) is 9.59 Å². The lowest BCUT2D eigenvalue weighted by Crippen LogP contribution is -2.45. The fourth-order valence-corrected chi connectivity index (χ4v) is 3.67. The van der Waals surface area contributed by atoms with Crippen LogP contribution in [0.3, 0.4) is 0 Å². The second-order valence-corrected chi connectivity index (χ2v) is 8.22. The number of hydrogen-bond donors (Lipinski definition) is 1. The first-order valence-corrected chi connectivity index (χ1v) is 11.1. The molecule has 0 radical (unpaired) electrons. The van der Waals surface area contributed by atoms with E-state index in [0.717, 1.165) is 36.5 Å². The lowest BCUT2D eigenvalue weighted by molar-refractivity contribution is -0.132. The number of carbonyl (C=O) groups is 2. The molecule has 1 fully saturated rings. The highest BCUT2D eigenvalue weighted by molar-refractivity contribution is 5.92. The van der Waals surface area contributed by atoms with Gasteiger partial charge in [-0.15, -0.1) is 0 Å². The van der Waals surface area contributed by atoms with Crippen LogP contribution in [0.2, 0.25) is 0 Å². The van der Waals surface area contributed by atoms with Gasteiger partial charge in [0.25, 0.3) is 0 Å². The van der Waals surface area contributed by atoms with Crippen molar-refractivity contribution in [2.24, 2.45) is 0 Å². The Kier molecular flexibility index (Phi) is 6.90. The molecule has 0 aliphatic heterocycles. The molecular formula is C26H29N3O3. The molecule has 3 amide bonds. The molecule has 3 aromatic rings. The van der Waals surface area contributed by atoms with E-state index >= 15 is 0 Å². The highest BCUT2D eigenvalue weighted by Gasteiger charge is 2.35. The predicted octanol–water partition coefficient (Wildman–Crippen LogP) is 4.86. The smallest absolute Gasteiger partial charge is 0.322 e. The number of anilines is 1. The maximum Gasteiger partial charge on any atom is 0.322 e. The van der Waals surface area contributed by atoms with E-state index in [2.05, 4.69) is 17.4 Å². The number of carbonyl (C=O) groups excluding carboxylic acids is 2. The third kappa shape index (κ3) is 6.00. The maximum absolute atomic E-state index is 13.3. The van der Waals surface area contributed by atoms with Crippen molar-refractivity contribution in [2.45, 2.75) is 38.8 Å². The van der Waals surface area contributed by atoms with E-state index in [4.69, 9.17) is 4.42 Å². The zero-order chi connectivity index (χ0) is 22.3. The molecule has 1 aromatic heterocycles. The Balaban J connectivity index is 1.44. The van der Waals surface area contributed by atoms with Crippen molar-refractivity contribution in [1.82, 2.24) is 9.80 Å². The summed E-state index contributed by atoms with van der Waals surface area (Å²) in [5, 5.41) is 2.92. The van der Waals surface area contributed by atoms with Crippen LogP contribution in [0.25, 0.3) is 0 Å². The van der Waals surface area contributed by atoms with Crippen LogP contribution in [0.4, 0.5) is 10.5 Å². The Morgan fingerprint density at radius 2 is 1.66 bits per heavy atom. The molecule has 1 N–H and O–H groups in total. The first kappa shape index (κ1) is 21.7. The average Bonchev–Trinajstić information content (AvgIpc) is 3.57. The van der Waals surface area contributed by atoms with Gasteiger partial charge in [-0.1, -0.05) is 48.5 Å². The van der Waals surface area contributed by atoms with E-state index in [1.54, 1.807) is 9.80 Å². The molecule has 0 spiro atoms. The molecule has 4 rings (SSSR count). The van der Waals surface area contributed by atoms with Crippen LogP contribution in [0.15, 0.2) is 77.2 Å². The van der Waals surface area contributed by atoms with Crippen LogP contribution in [-0.2, 0) is 17.8 Å². The number of nitrogens with one attached hydrogen (secondary N) is 1. The molecule has 1 aliphatic rings. The summed E-state index contributed by atoms with van der Waals surface area (Å²) in [6, 6.07) is 23.1. The number of rotatable bonds is 9. The van der Waals surface area contributed by atoms with Crippen LogP contribution in [0, 0.1) is 6.92 Å². The number of aryl methyl sites for hydroxylation is 1. The number of amides is 3. The summed E-state index contributed by atoms with van der Waals surface area (Å²) in [5.74, 6) is 1.48. The van der Waals surface area contributed by atoms with Crippen LogP contribution < -0.4 is 5.32 Å². The van der Waals surface area contributed by atoms with Crippen LogP contribution >= 0.6 is 0 Å². The summed E-state index contributed by atoms with van der Waals surface area (Å²) >= 11 is 0. The third-order valence-corrected chi connectivity index (χ3v) is 5.59. The molecule has 2 aromatic carbocycles. The molecule has 1 aliphatic carbocycles. The second kappa shape index (κ2) is 10.2. The summed E-state index contributed by atoms with van der Waals surface area (Å²) in [6.45, 7) is 2.89. The molecule has 1 heterocycles. The van der Waals surface area contributed by atoms with Crippen molar-refractivity contribution in [3.8, 4) is 0 Å². The van der Waals surface area contributed by atoms with Gasteiger partial charge in [0.05, 0.1) is 6.54 Å². The summed E-state index contributed by atoms with van der Waals surface area (Å²) < 4.78 is 5.72. The molecule has 0 saturated heterocycles. The van der Waals surface area contributed by atoms with E-state index in [0.29, 0.717) is 13.1 Å². The third-order valence-electron chi connectivity index (χ3n) is 5.59. The number of para-hydroxylation sites is 1. The first-order chi connectivity index (χ1) is 15.6. The van der Waals surface area contributed by atoms with E-state index in [-0.39, 0.29) is 24.5 Å². The molecule has 1 saturated carbocycles. The van der Waals surface area contributed by atoms with Gasteiger partial charge in [-0.2, -0.15) is 0 Å². The van der Waals surface area contributed by atoms with Crippen molar-refractivity contribution in [2.75, 3.05) is 18.4 Å². The summed E-state index contributed by atoms with van der Waals surface area (Å²) in [7, 11) is 0. The lowest BCUT2D eigenvalue weighted by atomic mass is 10.1. The number of hydrogen-bond acceptors (Lipinski definition) is 3. The van der Waals surface area contributed by atoms with Crippen LogP contribution in [0.1, 0.15) is 29.9 Å². The van der Waals surface area contributed by atoms with Gasteiger partial charge in [-0.05, 0) is 56.0 Å². The maximum atomic E-state index is 13.3. The minimum absolute atomic E-state index is 0.0534. The molecular weight excluding hydrogens is 402 g/mol. The molecule has 0 atom stereocenters. The van der Waals surface area contributed by atoms with E-state index in [1.807, 2.05) is 67.6 Å². The molecule has 6 heteroatoms. The zero-order valence-corrected chi connectivity index (χ0v) is 18.4. The van der Waals surface area contributed by atoms with Gasteiger partial charge in [0.1, 0.15) is 18.1 Å². The topological polar surface area (TPSA) is 65.8 Å². The van der Waals surface area contributed by atoms with Gasteiger partial charge in [-0.25, -0.2) is 4.79 Å². The van der Waals surface area contributed by atoms with E-state index in [1.165, 1.54) is 5.56 Å². The Morgan fingerprint density at radius 3 is 2.28 bits per heavy atom. The average molecular weight is 432 g/mol. The van der Waals surface area contributed by atoms with Gasteiger partial charge < -0.3 is 19.5 Å². The fourth-order valence-electron chi connectivity index (χ4n) is 3.67. The Labute approximate surface area is 188 Å². The number of benzene rings is 2.